The van der Waals surface area contributed by atoms with Gasteiger partial charge in [-0.3, -0.25) is 4.79 Å². The minimum atomic E-state index is -1.18. The molecule has 1 heterocycles. The van der Waals surface area contributed by atoms with Crippen LogP contribution in [-0.4, -0.2) is 32.0 Å². The van der Waals surface area contributed by atoms with Crippen LogP contribution in [0.5, 0.6) is 0 Å². The van der Waals surface area contributed by atoms with Crippen molar-refractivity contribution < 1.29 is 14.7 Å². The molecule has 0 unspecified atom stereocenters. The summed E-state index contributed by atoms with van der Waals surface area (Å²) >= 11 is 5.83. The quantitative estimate of drug-likeness (QED) is 0.855. The number of amides is 1. The van der Waals surface area contributed by atoms with E-state index in [-0.39, 0.29) is 18.1 Å². The number of benzene rings is 1. The Kier molecular flexibility index (Phi) is 4.31. The third-order valence-corrected chi connectivity index (χ3v) is 2.68. The molecule has 0 aliphatic rings. The molecule has 1 amide bonds. The lowest BCUT2D eigenvalue weighted by Crippen LogP contribution is -2.27. The molecule has 20 heavy (non-hydrogen) atoms. The Labute approximate surface area is 119 Å². The number of aromatic nitrogens is 3. The highest BCUT2D eigenvalue weighted by Gasteiger charge is 2.10. The molecule has 2 N–H and O–H groups in total. The second-order valence-electron chi connectivity index (χ2n) is 4.01. The lowest BCUT2D eigenvalue weighted by molar-refractivity contribution is -0.122. The van der Waals surface area contributed by atoms with E-state index in [1.165, 1.54) is 6.20 Å². The van der Waals surface area contributed by atoms with Gasteiger partial charge in [0.1, 0.15) is 6.54 Å². The van der Waals surface area contributed by atoms with Crippen LogP contribution in [0, 0.1) is 0 Å². The van der Waals surface area contributed by atoms with Crippen LogP contribution >= 0.6 is 11.6 Å². The van der Waals surface area contributed by atoms with Gasteiger partial charge in [0.15, 0.2) is 5.69 Å². The highest BCUT2D eigenvalue weighted by Crippen LogP contribution is 2.10. The summed E-state index contributed by atoms with van der Waals surface area (Å²) in [6, 6.07) is 7.13. The zero-order chi connectivity index (χ0) is 14.5. The molecule has 0 saturated heterocycles. The maximum absolute atomic E-state index is 11.7. The number of carboxylic acids is 1. The van der Waals surface area contributed by atoms with Crippen molar-refractivity contribution in [3.05, 3.63) is 46.7 Å². The smallest absolute Gasteiger partial charge is 0.358 e. The number of carbonyl (C=O) groups is 2. The van der Waals surface area contributed by atoms with Gasteiger partial charge in [0.25, 0.3) is 0 Å². The van der Waals surface area contributed by atoms with Crippen LogP contribution in [0.2, 0.25) is 5.02 Å². The SMILES string of the molecule is O=C(Cn1cc(C(=O)O)nn1)NCc1cccc(Cl)c1. The van der Waals surface area contributed by atoms with E-state index in [1.807, 2.05) is 6.07 Å². The summed E-state index contributed by atoms with van der Waals surface area (Å²) in [6.07, 6.45) is 1.20. The van der Waals surface area contributed by atoms with E-state index in [2.05, 4.69) is 15.6 Å². The van der Waals surface area contributed by atoms with Crippen molar-refractivity contribution >= 4 is 23.5 Å². The van der Waals surface area contributed by atoms with Gasteiger partial charge >= 0.3 is 5.97 Å². The highest BCUT2D eigenvalue weighted by molar-refractivity contribution is 6.30. The van der Waals surface area contributed by atoms with Gasteiger partial charge < -0.3 is 10.4 Å². The maximum Gasteiger partial charge on any atom is 0.358 e. The number of halogens is 1. The van der Waals surface area contributed by atoms with Crippen molar-refractivity contribution in [2.75, 3.05) is 0 Å². The van der Waals surface area contributed by atoms with Gasteiger partial charge in [0.2, 0.25) is 5.91 Å². The Morgan fingerprint density at radius 3 is 2.85 bits per heavy atom. The summed E-state index contributed by atoms with van der Waals surface area (Å²) < 4.78 is 1.16. The van der Waals surface area contributed by atoms with Crippen molar-refractivity contribution in [2.45, 2.75) is 13.1 Å². The van der Waals surface area contributed by atoms with Crippen molar-refractivity contribution in [1.29, 1.82) is 0 Å². The van der Waals surface area contributed by atoms with Crippen molar-refractivity contribution in [2.24, 2.45) is 0 Å². The van der Waals surface area contributed by atoms with Gasteiger partial charge in [0.05, 0.1) is 6.20 Å². The summed E-state index contributed by atoms with van der Waals surface area (Å²) in [4.78, 5) is 22.3. The number of hydrogen-bond acceptors (Lipinski definition) is 4. The largest absolute Gasteiger partial charge is 0.476 e. The van der Waals surface area contributed by atoms with E-state index in [9.17, 15) is 9.59 Å². The molecule has 1 aromatic heterocycles. The summed E-state index contributed by atoms with van der Waals surface area (Å²) in [5.41, 5.74) is 0.670. The molecule has 0 fully saturated rings. The molecule has 7 nitrogen and oxygen atoms in total. The zero-order valence-electron chi connectivity index (χ0n) is 10.3. The summed E-state index contributed by atoms with van der Waals surface area (Å²) in [5, 5.41) is 18.9. The molecule has 0 radical (unpaired) electrons. The van der Waals surface area contributed by atoms with Crippen LogP contribution < -0.4 is 5.32 Å². The molecule has 1 aromatic carbocycles. The van der Waals surface area contributed by atoms with Gasteiger partial charge in [-0.15, -0.1) is 5.10 Å². The second kappa shape index (κ2) is 6.16. The van der Waals surface area contributed by atoms with Gasteiger partial charge in [-0.25, -0.2) is 9.48 Å². The predicted octanol–water partition coefficient (Wildman–Crippen LogP) is 0.946. The van der Waals surface area contributed by atoms with Crippen LogP contribution in [0.3, 0.4) is 0 Å². The first-order valence-electron chi connectivity index (χ1n) is 5.69. The molecule has 0 aliphatic carbocycles. The highest BCUT2D eigenvalue weighted by atomic mass is 35.5. The summed E-state index contributed by atoms with van der Waals surface area (Å²) in [5.74, 6) is -1.48. The lowest BCUT2D eigenvalue weighted by atomic mass is 10.2. The Morgan fingerprint density at radius 2 is 2.20 bits per heavy atom. The molecule has 104 valence electrons. The number of rotatable bonds is 5. The van der Waals surface area contributed by atoms with E-state index >= 15 is 0 Å². The summed E-state index contributed by atoms with van der Waals surface area (Å²) in [7, 11) is 0. The van der Waals surface area contributed by atoms with Crippen LogP contribution in [0.15, 0.2) is 30.5 Å². The third kappa shape index (κ3) is 3.79. The fourth-order valence-corrected chi connectivity index (χ4v) is 1.74. The van der Waals surface area contributed by atoms with Crippen LogP contribution in [-0.2, 0) is 17.9 Å². The summed E-state index contributed by atoms with van der Waals surface area (Å²) in [6.45, 7) is 0.237. The van der Waals surface area contributed by atoms with Crippen molar-refractivity contribution in [3.63, 3.8) is 0 Å². The Bertz CT molecular complexity index is 641. The Morgan fingerprint density at radius 1 is 1.40 bits per heavy atom. The molecule has 0 atom stereocenters. The first-order valence-corrected chi connectivity index (χ1v) is 6.07. The molecule has 2 rings (SSSR count). The molecule has 0 bridgehead atoms. The first kappa shape index (κ1) is 14.0. The van der Waals surface area contributed by atoms with E-state index < -0.39 is 5.97 Å². The fourth-order valence-electron chi connectivity index (χ4n) is 1.52. The lowest BCUT2D eigenvalue weighted by Gasteiger charge is -2.05. The van der Waals surface area contributed by atoms with E-state index in [0.717, 1.165) is 10.2 Å². The number of hydrogen-bond donors (Lipinski definition) is 2. The van der Waals surface area contributed by atoms with E-state index in [0.29, 0.717) is 11.6 Å². The number of carboxylic acid groups (broad SMARTS) is 1. The molecule has 0 spiro atoms. The normalized spacial score (nSPS) is 10.2. The van der Waals surface area contributed by atoms with E-state index in [1.54, 1.807) is 18.2 Å². The molecule has 8 heteroatoms. The number of carbonyl (C=O) groups excluding carboxylic acids is 1. The number of nitrogens with one attached hydrogen (secondary N) is 1. The monoisotopic (exact) mass is 294 g/mol. The minimum absolute atomic E-state index is 0.0964. The average Bonchev–Trinajstić information content (AvgIpc) is 2.85. The van der Waals surface area contributed by atoms with Crippen LogP contribution in [0.4, 0.5) is 0 Å². The average molecular weight is 295 g/mol. The predicted molar refractivity (Wildman–Crippen MR) is 70.3 cm³/mol. The van der Waals surface area contributed by atoms with Gasteiger partial charge in [-0.1, -0.05) is 28.9 Å². The molecule has 2 aromatic rings. The van der Waals surface area contributed by atoms with Crippen LogP contribution in [0.1, 0.15) is 16.1 Å². The standard InChI is InChI=1S/C12H11ClN4O3/c13-9-3-1-2-8(4-9)5-14-11(18)7-17-6-10(12(19)20)15-16-17/h1-4,6H,5,7H2,(H,14,18)(H,19,20). The fraction of sp³-hybridized carbons (Fsp3) is 0.167. The van der Waals surface area contributed by atoms with Crippen molar-refractivity contribution in [1.82, 2.24) is 20.3 Å². The Balaban J connectivity index is 1.87. The van der Waals surface area contributed by atoms with Gasteiger partial charge in [-0.2, -0.15) is 0 Å². The number of aromatic carboxylic acids is 1. The topological polar surface area (TPSA) is 97.1 Å². The van der Waals surface area contributed by atoms with Gasteiger partial charge in [-0.05, 0) is 17.7 Å². The molecule has 0 aliphatic heterocycles. The van der Waals surface area contributed by atoms with Crippen LogP contribution in [0.25, 0.3) is 0 Å². The molecular weight excluding hydrogens is 284 g/mol. The first-order chi connectivity index (χ1) is 9.54. The molecular formula is C12H11ClN4O3. The third-order valence-electron chi connectivity index (χ3n) is 2.44. The molecule has 0 saturated carbocycles. The maximum atomic E-state index is 11.7. The van der Waals surface area contributed by atoms with E-state index in [4.69, 9.17) is 16.7 Å². The Hall–Kier alpha value is -2.41. The number of nitrogens with zero attached hydrogens (tertiary/aromatic N) is 3. The van der Waals surface area contributed by atoms with Gasteiger partial charge in [0, 0.05) is 11.6 Å². The zero-order valence-corrected chi connectivity index (χ0v) is 11.0. The van der Waals surface area contributed by atoms with Crippen molar-refractivity contribution in [3.8, 4) is 0 Å². The minimum Gasteiger partial charge on any atom is -0.476 e. The second-order valence-corrected chi connectivity index (χ2v) is 4.45.